The maximum atomic E-state index is 14.3. The van der Waals surface area contributed by atoms with Gasteiger partial charge in [0.2, 0.25) is 5.91 Å². The van der Waals surface area contributed by atoms with E-state index in [-0.39, 0.29) is 17.1 Å². The van der Waals surface area contributed by atoms with Crippen molar-refractivity contribution in [1.82, 2.24) is 20.4 Å². The van der Waals surface area contributed by atoms with Crippen LogP contribution in [0.2, 0.25) is 0 Å². The molecule has 1 aliphatic heterocycles. The Morgan fingerprint density at radius 3 is 2.55 bits per heavy atom. The van der Waals surface area contributed by atoms with Crippen molar-refractivity contribution in [3.63, 3.8) is 0 Å². The smallest absolute Gasteiger partial charge is 0.234 e. The average molecular weight is 402 g/mol. The van der Waals surface area contributed by atoms with E-state index in [9.17, 15) is 9.18 Å². The summed E-state index contributed by atoms with van der Waals surface area (Å²) >= 11 is 0. The molecule has 4 rings (SSSR count). The third-order valence-corrected chi connectivity index (χ3v) is 6.15. The number of nitrogens with zero attached hydrogens (tertiary/aromatic N) is 3. The van der Waals surface area contributed by atoms with Gasteiger partial charge in [-0.05, 0) is 44.2 Å². The highest BCUT2D eigenvalue weighted by atomic mass is 19.1. The highest BCUT2D eigenvalue weighted by Crippen LogP contribution is 2.49. The Hall–Kier alpha value is -2.15. The molecule has 0 spiro atoms. The van der Waals surface area contributed by atoms with Crippen LogP contribution in [0.25, 0.3) is 0 Å². The Morgan fingerprint density at radius 2 is 1.93 bits per heavy atom. The van der Waals surface area contributed by atoms with Gasteiger partial charge in [-0.15, -0.1) is 0 Å². The zero-order chi connectivity index (χ0) is 20.3. The monoisotopic (exact) mass is 401 g/mol. The minimum absolute atomic E-state index is 0.122. The first-order valence-corrected chi connectivity index (χ1v) is 10.9. The van der Waals surface area contributed by atoms with Crippen LogP contribution in [0.1, 0.15) is 38.2 Å². The molecule has 2 N–H and O–H groups in total. The highest BCUT2D eigenvalue weighted by Gasteiger charge is 2.46. The fourth-order valence-electron chi connectivity index (χ4n) is 4.03. The van der Waals surface area contributed by atoms with Crippen molar-refractivity contribution in [2.24, 2.45) is 4.99 Å². The lowest BCUT2D eigenvalue weighted by Gasteiger charge is -2.36. The topological polar surface area (TPSA) is 60.0 Å². The average Bonchev–Trinajstić information content (AvgIpc) is 3.63. The molecule has 1 amide bonds. The summed E-state index contributed by atoms with van der Waals surface area (Å²) in [5.74, 6) is 0.919. The number of aliphatic imine (C=N–C) groups is 1. The van der Waals surface area contributed by atoms with Crippen molar-refractivity contribution in [2.75, 3.05) is 45.8 Å². The van der Waals surface area contributed by atoms with Crippen molar-refractivity contribution in [3.05, 3.63) is 35.6 Å². The molecule has 1 saturated heterocycles. The lowest BCUT2D eigenvalue weighted by atomic mass is 9.95. The number of hydrogen-bond acceptors (Lipinski definition) is 3. The standard InChI is InChI=1S/C22H32FN5O/c1-2-24-21(25-16-22(9-10-22)18-5-3-4-6-19(18)23)28-13-11-27(12-14-28)15-20(29)26-17-7-8-17/h3-6,17H,2,7-16H2,1H3,(H,24,25)(H,26,29). The van der Waals surface area contributed by atoms with Crippen molar-refractivity contribution >= 4 is 11.9 Å². The number of nitrogens with one attached hydrogen (secondary N) is 2. The molecule has 0 unspecified atom stereocenters. The molecule has 6 nitrogen and oxygen atoms in total. The molecule has 158 valence electrons. The van der Waals surface area contributed by atoms with Gasteiger partial charge in [-0.3, -0.25) is 14.7 Å². The number of halogens is 1. The molecular formula is C22H32FN5O. The van der Waals surface area contributed by atoms with E-state index in [1.165, 1.54) is 0 Å². The molecule has 0 bridgehead atoms. The number of amides is 1. The number of benzene rings is 1. The number of piperazine rings is 1. The van der Waals surface area contributed by atoms with Gasteiger partial charge < -0.3 is 15.5 Å². The SMILES string of the molecule is CCNC(=NCC1(c2ccccc2F)CC1)N1CCN(CC(=O)NC2CC2)CC1. The van der Waals surface area contributed by atoms with E-state index in [0.717, 1.165) is 69.9 Å². The van der Waals surface area contributed by atoms with E-state index in [1.54, 1.807) is 12.1 Å². The molecule has 7 heteroatoms. The normalized spacial score (nSPS) is 21.7. The van der Waals surface area contributed by atoms with Gasteiger partial charge in [0.15, 0.2) is 5.96 Å². The molecule has 1 aromatic carbocycles. The maximum Gasteiger partial charge on any atom is 0.234 e. The van der Waals surface area contributed by atoms with Gasteiger partial charge in [0.25, 0.3) is 0 Å². The van der Waals surface area contributed by atoms with E-state index in [2.05, 4.69) is 27.4 Å². The summed E-state index contributed by atoms with van der Waals surface area (Å²) in [7, 11) is 0. The van der Waals surface area contributed by atoms with E-state index in [0.29, 0.717) is 19.1 Å². The van der Waals surface area contributed by atoms with E-state index >= 15 is 0 Å². The summed E-state index contributed by atoms with van der Waals surface area (Å²) in [6.07, 6.45) is 4.22. The Bertz CT molecular complexity index is 751. The Kier molecular flexibility index (Phi) is 6.04. The summed E-state index contributed by atoms with van der Waals surface area (Å²) in [6, 6.07) is 7.51. The van der Waals surface area contributed by atoms with E-state index in [1.807, 2.05) is 12.1 Å². The molecule has 1 heterocycles. The minimum atomic E-state index is -0.144. The fraction of sp³-hybridized carbons (Fsp3) is 0.636. The zero-order valence-corrected chi connectivity index (χ0v) is 17.3. The summed E-state index contributed by atoms with van der Waals surface area (Å²) in [5.41, 5.74) is 0.653. The second kappa shape index (κ2) is 8.69. The van der Waals surface area contributed by atoms with Crippen LogP contribution in [0.15, 0.2) is 29.3 Å². The fourth-order valence-corrected chi connectivity index (χ4v) is 4.03. The first-order valence-electron chi connectivity index (χ1n) is 10.9. The Balaban J connectivity index is 1.33. The quantitative estimate of drug-likeness (QED) is 0.540. The van der Waals surface area contributed by atoms with Gasteiger partial charge >= 0.3 is 0 Å². The van der Waals surface area contributed by atoms with Gasteiger partial charge in [-0.2, -0.15) is 0 Å². The Labute approximate surface area is 172 Å². The second-order valence-corrected chi connectivity index (χ2v) is 8.54. The lowest BCUT2D eigenvalue weighted by molar-refractivity contribution is -0.122. The molecule has 0 atom stereocenters. The van der Waals surface area contributed by atoms with Gasteiger partial charge in [0.05, 0.1) is 13.1 Å². The summed E-state index contributed by atoms with van der Waals surface area (Å²) in [6.45, 7) is 7.34. The zero-order valence-electron chi connectivity index (χ0n) is 17.3. The molecule has 3 fully saturated rings. The van der Waals surface area contributed by atoms with Crippen LogP contribution in [-0.4, -0.2) is 73.5 Å². The summed E-state index contributed by atoms with van der Waals surface area (Å²) in [5, 5.41) is 6.45. The molecule has 1 aromatic rings. The second-order valence-electron chi connectivity index (χ2n) is 8.54. The van der Waals surface area contributed by atoms with Crippen molar-refractivity contribution in [3.8, 4) is 0 Å². The number of guanidine groups is 1. The molecule has 0 radical (unpaired) electrons. The van der Waals surface area contributed by atoms with Gasteiger partial charge in [0.1, 0.15) is 5.82 Å². The lowest BCUT2D eigenvalue weighted by Crippen LogP contribution is -2.54. The van der Waals surface area contributed by atoms with Gasteiger partial charge in [0, 0.05) is 44.2 Å². The van der Waals surface area contributed by atoms with Crippen molar-refractivity contribution in [2.45, 2.75) is 44.1 Å². The molecule has 0 aromatic heterocycles. The number of rotatable bonds is 7. The highest BCUT2D eigenvalue weighted by molar-refractivity contribution is 5.80. The molecule has 2 aliphatic carbocycles. The van der Waals surface area contributed by atoms with E-state index in [4.69, 9.17) is 4.99 Å². The largest absolute Gasteiger partial charge is 0.357 e. The predicted octanol–water partition coefficient (Wildman–Crippen LogP) is 1.72. The predicted molar refractivity (Wildman–Crippen MR) is 112 cm³/mol. The van der Waals surface area contributed by atoms with Crippen molar-refractivity contribution < 1.29 is 9.18 Å². The van der Waals surface area contributed by atoms with Crippen LogP contribution in [-0.2, 0) is 10.2 Å². The molecule has 29 heavy (non-hydrogen) atoms. The molecule has 2 saturated carbocycles. The summed E-state index contributed by atoms with van der Waals surface area (Å²) in [4.78, 5) is 21.4. The summed E-state index contributed by atoms with van der Waals surface area (Å²) < 4.78 is 14.3. The first-order chi connectivity index (χ1) is 14.1. The van der Waals surface area contributed by atoms with Crippen LogP contribution in [0.3, 0.4) is 0 Å². The molecular weight excluding hydrogens is 369 g/mol. The third kappa shape index (κ3) is 5.07. The number of carbonyl (C=O) groups is 1. The van der Waals surface area contributed by atoms with Crippen LogP contribution in [0.5, 0.6) is 0 Å². The minimum Gasteiger partial charge on any atom is -0.357 e. The van der Waals surface area contributed by atoms with Crippen LogP contribution in [0, 0.1) is 5.82 Å². The van der Waals surface area contributed by atoms with Crippen LogP contribution in [0.4, 0.5) is 4.39 Å². The number of carbonyl (C=O) groups excluding carboxylic acids is 1. The van der Waals surface area contributed by atoms with Crippen LogP contribution < -0.4 is 10.6 Å². The van der Waals surface area contributed by atoms with Crippen molar-refractivity contribution in [1.29, 1.82) is 0 Å². The third-order valence-electron chi connectivity index (χ3n) is 6.15. The Morgan fingerprint density at radius 1 is 1.21 bits per heavy atom. The van der Waals surface area contributed by atoms with Gasteiger partial charge in [-0.25, -0.2) is 4.39 Å². The maximum absolute atomic E-state index is 14.3. The van der Waals surface area contributed by atoms with Gasteiger partial charge in [-0.1, -0.05) is 18.2 Å². The first kappa shape index (κ1) is 20.1. The molecule has 3 aliphatic rings. The van der Waals surface area contributed by atoms with E-state index < -0.39 is 0 Å². The number of hydrogen-bond donors (Lipinski definition) is 2. The van der Waals surface area contributed by atoms with Crippen LogP contribution >= 0.6 is 0 Å².